The molecule has 8 nitrogen and oxygen atoms in total. The van der Waals surface area contributed by atoms with Crippen LogP contribution in [0.15, 0.2) is 179 Å². The van der Waals surface area contributed by atoms with Crippen LogP contribution in [0.25, 0.3) is 83.9 Å². The molecule has 0 radical (unpaired) electrons. The highest BCUT2D eigenvalue weighted by Crippen LogP contribution is 2.39. The molecule has 53 heavy (non-hydrogen) atoms. The number of nitrogens with zero attached hydrogens (tertiary/aromatic N) is 6. The lowest BCUT2D eigenvalue weighted by Gasteiger charge is -2.18. The highest BCUT2D eigenvalue weighted by Gasteiger charge is 2.27. The summed E-state index contributed by atoms with van der Waals surface area (Å²) in [5.41, 5.74) is 5.69. The van der Waals surface area contributed by atoms with Crippen LogP contribution in [0.4, 0.5) is 0 Å². The minimum Gasteiger partial charge on any atom is -0.274 e. The molecule has 4 aromatic heterocycles. The van der Waals surface area contributed by atoms with E-state index >= 15 is 9.59 Å². The molecule has 0 saturated carbocycles. The van der Waals surface area contributed by atoms with Gasteiger partial charge in [0.2, 0.25) is 5.95 Å². The molecule has 0 amide bonds. The molecule has 0 aliphatic carbocycles. The van der Waals surface area contributed by atoms with Gasteiger partial charge in [-0.05, 0) is 35.9 Å². The summed E-state index contributed by atoms with van der Waals surface area (Å²) in [7, 11) is 0. The van der Waals surface area contributed by atoms with Crippen molar-refractivity contribution in [3.05, 3.63) is 191 Å². The van der Waals surface area contributed by atoms with Gasteiger partial charge in [-0.3, -0.25) is 23.1 Å². The number of hydrogen-bond acceptors (Lipinski definition) is 5. The number of benzene rings is 6. The van der Waals surface area contributed by atoms with Crippen molar-refractivity contribution in [2.24, 2.45) is 0 Å². The van der Waals surface area contributed by atoms with Crippen LogP contribution in [0.5, 0.6) is 0 Å². The van der Waals surface area contributed by atoms with E-state index in [0.717, 1.165) is 27.6 Å². The monoisotopic (exact) mass is 684 g/mol. The second-order valence-corrected chi connectivity index (χ2v) is 12.8. The molecule has 0 saturated heterocycles. The molecule has 250 valence electrons. The largest absolute Gasteiger partial charge is 0.280 e. The summed E-state index contributed by atoms with van der Waals surface area (Å²) in [6, 6.07) is 54.2. The molecule has 4 heterocycles. The standard InChI is InChI=1S/C45H28N6O2/c52-43-39-37(29-17-5-1-6-18-29)38-33-25-13-14-26-34(33)51(45-47-41(30-19-7-2-8-20-30)46-42(48-45)31-21-9-3-10-22-31)40(38)44(53)50(39)36-28-16-15-27-35(36)49(43)32-23-11-4-12-24-32/h1-28H. The Hall–Kier alpha value is -7.45. The van der Waals surface area contributed by atoms with Gasteiger partial charge in [-0.2, -0.15) is 9.97 Å². The molecule has 6 aromatic carbocycles. The van der Waals surface area contributed by atoms with Crippen molar-refractivity contribution in [1.82, 2.24) is 28.5 Å². The lowest BCUT2D eigenvalue weighted by atomic mass is 9.98. The van der Waals surface area contributed by atoms with E-state index in [9.17, 15) is 0 Å². The zero-order valence-corrected chi connectivity index (χ0v) is 28.2. The Bertz CT molecular complexity index is 3080. The molecule has 0 unspecified atom stereocenters. The van der Waals surface area contributed by atoms with Crippen molar-refractivity contribution in [3.63, 3.8) is 0 Å². The average Bonchev–Trinajstić information content (AvgIpc) is 3.58. The van der Waals surface area contributed by atoms with Gasteiger partial charge in [0, 0.05) is 33.2 Å². The third-order valence-electron chi connectivity index (χ3n) is 9.72. The Morgan fingerprint density at radius 1 is 0.396 bits per heavy atom. The summed E-state index contributed by atoms with van der Waals surface area (Å²) in [4.78, 5) is 45.6. The number of pyridine rings is 1. The second kappa shape index (κ2) is 12.1. The van der Waals surface area contributed by atoms with Crippen molar-refractivity contribution in [2.45, 2.75) is 0 Å². The lowest BCUT2D eigenvalue weighted by molar-refractivity contribution is 0.943. The first-order valence-electron chi connectivity index (χ1n) is 17.3. The highest BCUT2D eigenvalue weighted by atomic mass is 16.1. The van der Waals surface area contributed by atoms with E-state index in [0.29, 0.717) is 50.8 Å². The Kier molecular flexibility index (Phi) is 6.94. The molecular weight excluding hydrogens is 657 g/mol. The van der Waals surface area contributed by atoms with Gasteiger partial charge in [-0.15, -0.1) is 0 Å². The fraction of sp³-hybridized carbons (Fsp3) is 0. The minimum atomic E-state index is -0.359. The molecule has 0 aliphatic rings. The summed E-state index contributed by atoms with van der Waals surface area (Å²) in [5.74, 6) is 1.24. The third-order valence-corrected chi connectivity index (χ3v) is 9.72. The first kappa shape index (κ1) is 30.4. The molecule has 0 spiro atoms. The summed E-state index contributed by atoms with van der Waals surface area (Å²) in [6.07, 6.45) is 0. The van der Waals surface area contributed by atoms with Gasteiger partial charge in [0.25, 0.3) is 11.1 Å². The summed E-state index contributed by atoms with van der Waals surface area (Å²) in [6.45, 7) is 0. The van der Waals surface area contributed by atoms with E-state index in [2.05, 4.69) is 0 Å². The molecule has 10 aromatic rings. The number of fused-ring (bicyclic) bond motifs is 6. The van der Waals surface area contributed by atoms with Crippen LogP contribution in [-0.2, 0) is 0 Å². The summed E-state index contributed by atoms with van der Waals surface area (Å²) >= 11 is 0. The van der Waals surface area contributed by atoms with Crippen molar-refractivity contribution < 1.29 is 0 Å². The Labute approximate surface area is 302 Å². The van der Waals surface area contributed by atoms with Gasteiger partial charge in [-0.25, -0.2) is 4.98 Å². The lowest BCUT2D eigenvalue weighted by Crippen LogP contribution is -2.29. The van der Waals surface area contributed by atoms with E-state index in [1.54, 1.807) is 8.97 Å². The first-order chi connectivity index (χ1) is 26.2. The Morgan fingerprint density at radius 2 is 0.887 bits per heavy atom. The maximum Gasteiger partial charge on any atom is 0.280 e. The number of para-hydroxylation sites is 4. The maximum absolute atomic E-state index is 15.5. The smallest absolute Gasteiger partial charge is 0.274 e. The van der Waals surface area contributed by atoms with Crippen LogP contribution >= 0.6 is 0 Å². The predicted octanol–water partition coefficient (Wildman–Crippen LogP) is 8.89. The normalized spacial score (nSPS) is 11.5. The number of rotatable bonds is 5. The van der Waals surface area contributed by atoms with Gasteiger partial charge in [-0.1, -0.05) is 140 Å². The van der Waals surface area contributed by atoms with E-state index in [4.69, 9.17) is 15.0 Å². The predicted molar refractivity (Wildman–Crippen MR) is 211 cm³/mol. The molecule has 0 aliphatic heterocycles. The van der Waals surface area contributed by atoms with Crippen LogP contribution in [0.1, 0.15) is 0 Å². The van der Waals surface area contributed by atoms with E-state index in [-0.39, 0.29) is 16.6 Å². The fourth-order valence-electron chi connectivity index (χ4n) is 7.45. The topological polar surface area (TPSA) is 87.1 Å². The summed E-state index contributed by atoms with van der Waals surface area (Å²) in [5, 5.41) is 1.44. The van der Waals surface area contributed by atoms with Gasteiger partial charge >= 0.3 is 0 Å². The summed E-state index contributed by atoms with van der Waals surface area (Å²) < 4.78 is 5.12. The van der Waals surface area contributed by atoms with Crippen molar-refractivity contribution in [2.75, 3.05) is 0 Å². The van der Waals surface area contributed by atoms with Crippen LogP contribution in [0.2, 0.25) is 0 Å². The molecular formula is C45H28N6O2. The molecule has 0 fully saturated rings. The number of aromatic nitrogens is 6. The van der Waals surface area contributed by atoms with E-state index < -0.39 is 0 Å². The van der Waals surface area contributed by atoms with Gasteiger partial charge in [0.1, 0.15) is 11.0 Å². The fourth-order valence-corrected chi connectivity index (χ4v) is 7.45. The van der Waals surface area contributed by atoms with Crippen LogP contribution in [0, 0.1) is 0 Å². The Morgan fingerprint density at radius 3 is 1.49 bits per heavy atom. The minimum absolute atomic E-state index is 0.282. The van der Waals surface area contributed by atoms with Crippen molar-refractivity contribution in [3.8, 4) is 45.5 Å². The van der Waals surface area contributed by atoms with E-state index in [1.165, 1.54) is 0 Å². The second-order valence-electron chi connectivity index (χ2n) is 12.8. The van der Waals surface area contributed by atoms with Crippen LogP contribution in [0.3, 0.4) is 0 Å². The zero-order valence-electron chi connectivity index (χ0n) is 28.2. The zero-order chi connectivity index (χ0) is 35.5. The molecule has 0 bridgehead atoms. The average molecular weight is 685 g/mol. The Balaban J connectivity index is 1.44. The first-order valence-corrected chi connectivity index (χ1v) is 17.3. The van der Waals surface area contributed by atoms with Gasteiger partial charge in [0.15, 0.2) is 11.6 Å². The molecule has 10 rings (SSSR count). The highest BCUT2D eigenvalue weighted by molar-refractivity contribution is 6.18. The molecule has 8 heteroatoms. The van der Waals surface area contributed by atoms with Crippen LogP contribution < -0.4 is 11.1 Å². The van der Waals surface area contributed by atoms with Crippen molar-refractivity contribution in [1.29, 1.82) is 0 Å². The number of hydrogen-bond donors (Lipinski definition) is 0. The third kappa shape index (κ3) is 4.73. The van der Waals surface area contributed by atoms with Gasteiger partial charge in [0.05, 0.1) is 16.6 Å². The van der Waals surface area contributed by atoms with E-state index in [1.807, 2.05) is 174 Å². The van der Waals surface area contributed by atoms with Crippen LogP contribution in [-0.4, -0.2) is 28.5 Å². The quantitative estimate of drug-likeness (QED) is 0.169. The van der Waals surface area contributed by atoms with Gasteiger partial charge < -0.3 is 0 Å². The molecule has 0 N–H and O–H groups in total. The molecule has 0 atom stereocenters. The maximum atomic E-state index is 15.5. The van der Waals surface area contributed by atoms with Crippen molar-refractivity contribution >= 4 is 38.4 Å². The SMILES string of the molecule is O=c1c2c(-c3ccccc3)c3c4ccccc4n(-c4nc(-c5ccccc5)nc(-c5ccccc5)n4)c3c(=O)n2c2ccccc2n1-c1ccccc1.